The highest BCUT2D eigenvalue weighted by molar-refractivity contribution is 6.99. The zero-order chi connectivity index (χ0) is 17.3. The molecular weight excluding hydrogens is 340 g/mol. The highest BCUT2D eigenvalue weighted by atomic mass is 32.1. The van der Waals surface area contributed by atoms with Crippen LogP contribution in [0.25, 0.3) is 10.9 Å². The third-order valence-electron chi connectivity index (χ3n) is 3.36. The standard InChI is InChI=1S/C15H11F2N3O3S/c1-2-23-15(22)10-7-20(6-8-5-18-24-19-8)13-4-12(17)11(16)3-9(13)14(10)21/h3-5,7H,2,6H2,1H3. The van der Waals surface area contributed by atoms with E-state index < -0.39 is 23.0 Å². The summed E-state index contributed by atoms with van der Waals surface area (Å²) in [5.74, 6) is -3.07. The van der Waals surface area contributed by atoms with Gasteiger partial charge in [-0.3, -0.25) is 4.79 Å². The summed E-state index contributed by atoms with van der Waals surface area (Å²) < 4.78 is 41.4. The predicted molar refractivity (Wildman–Crippen MR) is 83.1 cm³/mol. The molecule has 1 aromatic carbocycles. The molecule has 0 aliphatic heterocycles. The maximum absolute atomic E-state index is 13.6. The van der Waals surface area contributed by atoms with E-state index in [9.17, 15) is 18.4 Å². The number of pyridine rings is 1. The molecule has 0 fully saturated rings. The molecule has 0 unspecified atom stereocenters. The number of nitrogens with zero attached hydrogens (tertiary/aromatic N) is 3. The Labute approximate surface area is 138 Å². The molecule has 0 atom stereocenters. The number of rotatable bonds is 4. The second-order valence-electron chi connectivity index (χ2n) is 4.90. The molecule has 3 rings (SSSR count). The van der Waals surface area contributed by atoms with Crippen molar-refractivity contribution >= 4 is 28.6 Å². The Kier molecular flexibility index (Phi) is 4.34. The van der Waals surface area contributed by atoms with Gasteiger partial charge in [0.2, 0.25) is 5.43 Å². The largest absolute Gasteiger partial charge is 0.462 e. The molecule has 2 heterocycles. The number of halogens is 2. The monoisotopic (exact) mass is 351 g/mol. The summed E-state index contributed by atoms with van der Waals surface area (Å²) in [5.41, 5.74) is -0.252. The summed E-state index contributed by atoms with van der Waals surface area (Å²) >= 11 is 0.991. The third kappa shape index (κ3) is 2.90. The molecule has 124 valence electrons. The fraction of sp³-hybridized carbons (Fsp3) is 0.200. The maximum atomic E-state index is 13.6. The van der Waals surface area contributed by atoms with Crippen molar-refractivity contribution in [2.24, 2.45) is 0 Å². The first kappa shape index (κ1) is 16.2. The van der Waals surface area contributed by atoms with Crippen LogP contribution in [0.15, 0.2) is 29.3 Å². The van der Waals surface area contributed by atoms with Crippen LogP contribution in [0.4, 0.5) is 8.78 Å². The lowest BCUT2D eigenvalue weighted by molar-refractivity contribution is 0.0524. The molecule has 24 heavy (non-hydrogen) atoms. The second kappa shape index (κ2) is 6.44. The van der Waals surface area contributed by atoms with Crippen molar-refractivity contribution in [2.45, 2.75) is 13.5 Å². The molecule has 0 saturated carbocycles. The van der Waals surface area contributed by atoms with Gasteiger partial charge in [0, 0.05) is 17.6 Å². The number of esters is 1. The summed E-state index contributed by atoms with van der Waals surface area (Å²) in [6.07, 6.45) is 2.78. The van der Waals surface area contributed by atoms with Crippen molar-refractivity contribution in [1.82, 2.24) is 13.3 Å². The number of fused-ring (bicyclic) bond motifs is 1. The molecule has 2 aromatic heterocycles. The lowest BCUT2D eigenvalue weighted by Gasteiger charge is -2.12. The van der Waals surface area contributed by atoms with Gasteiger partial charge in [0.05, 0.1) is 42.3 Å². The van der Waals surface area contributed by atoms with Gasteiger partial charge in [-0.15, -0.1) is 0 Å². The number of carbonyl (C=O) groups is 1. The van der Waals surface area contributed by atoms with Crippen LogP contribution in [0.5, 0.6) is 0 Å². The van der Waals surface area contributed by atoms with Gasteiger partial charge in [0.25, 0.3) is 0 Å². The van der Waals surface area contributed by atoms with Gasteiger partial charge >= 0.3 is 5.97 Å². The van der Waals surface area contributed by atoms with Crippen LogP contribution in [0.1, 0.15) is 23.0 Å². The zero-order valence-corrected chi connectivity index (χ0v) is 13.3. The summed E-state index contributed by atoms with van der Waals surface area (Å²) in [6, 6.07) is 1.70. The number of hydrogen-bond acceptors (Lipinski definition) is 6. The number of aromatic nitrogens is 3. The first-order chi connectivity index (χ1) is 11.5. The van der Waals surface area contributed by atoms with Crippen molar-refractivity contribution in [2.75, 3.05) is 6.61 Å². The van der Waals surface area contributed by atoms with Gasteiger partial charge in [-0.1, -0.05) is 0 Å². The lowest BCUT2D eigenvalue weighted by Crippen LogP contribution is -2.21. The molecule has 0 N–H and O–H groups in total. The fourth-order valence-corrected chi connectivity index (χ4v) is 2.72. The average molecular weight is 351 g/mol. The highest BCUT2D eigenvalue weighted by Crippen LogP contribution is 2.18. The minimum atomic E-state index is -1.16. The molecule has 3 aromatic rings. The summed E-state index contributed by atoms with van der Waals surface area (Å²) in [4.78, 5) is 24.4. The van der Waals surface area contributed by atoms with Crippen LogP contribution in [0.3, 0.4) is 0 Å². The molecule has 0 spiro atoms. The first-order valence-corrected chi connectivity index (χ1v) is 7.70. The Balaban J connectivity index is 2.27. The highest BCUT2D eigenvalue weighted by Gasteiger charge is 2.19. The van der Waals surface area contributed by atoms with E-state index >= 15 is 0 Å². The van der Waals surface area contributed by atoms with E-state index in [1.165, 1.54) is 17.0 Å². The van der Waals surface area contributed by atoms with Crippen molar-refractivity contribution in [1.29, 1.82) is 0 Å². The zero-order valence-electron chi connectivity index (χ0n) is 12.5. The number of ether oxygens (including phenoxy) is 1. The molecular formula is C15H11F2N3O3S. The number of hydrogen-bond donors (Lipinski definition) is 0. The first-order valence-electron chi connectivity index (χ1n) is 6.97. The fourth-order valence-electron chi connectivity index (χ4n) is 2.30. The number of carbonyl (C=O) groups excluding carboxylic acids is 1. The van der Waals surface area contributed by atoms with E-state index in [1.54, 1.807) is 6.92 Å². The van der Waals surface area contributed by atoms with E-state index in [0.29, 0.717) is 5.69 Å². The summed E-state index contributed by atoms with van der Waals surface area (Å²) in [6.45, 7) is 1.84. The molecule has 0 bridgehead atoms. The predicted octanol–water partition coefficient (Wildman–Crippen LogP) is 2.36. The average Bonchev–Trinajstić information content (AvgIpc) is 3.05. The third-order valence-corrected chi connectivity index (χ3v) is 3.87. The van der Waals surface area contributed by atoms with Crippen LogP contribution < -0.4 is 5.43 Å². The van der Waals surface area contributed by atoms with Gasteiger partial charge in [0.1, 0.15) is 5.56 Å². The van der Waals surface area contributed by atoms with Crippen LogP contribution in [-0.4, -0.2) is 25.9 Å². The Hall–Kier alpha value is -2.68. The minimum Gasteiger partial charge on any atom is -0.462 e. The normalized spacial score (nSPS) is 11.0. The molecule has 0 aliphatic carbocycles. The SMILES string of the molecule is CCOC(=O)c1cn(Cc2cnsn2)c2cc(F)c(F)cc2c1=O. The van der Waals surface area contributed by atoms with E-state index in [1.807, 2.05) is 0 Å². The summed E-state index contributed by atoms with van der Waals surface area (Å²) in [5, 5.41) is -0.109. The second-order valence-corrected chi connectivity index (χ2v) is 5.46. The smallest absolute Gasteiger partial charge is 0.343 e. The molecule has 0 saturated heterocycles. The van der Waals surface area contributed by atoms with E-state index in [-0.39, 0.29) is 29.6 Å². The van der Waals surface area contributed by atoms with Crippen molar-refractivity contribution in [3.05, 3.63) is 57.6 Å². The van der Waals surface area contributed by atoms with Gasteiger partial charge in [-0.2, -0.15) is 8.75 Å². The van der Waals surface area contributed by atoms with Gasteiger partial charge < -0.3 is 9.30 Å². The van der Waals surface area contributed by atoms with Crippen LogP contribution >= 0.6 is 11.7 Å². The van der Waals surface area contributed by atoms with Crippen molar-refractivity contribution in [3.8, 4) is 0 Å². The maximum Gasteiger partial charge on any atom is 0.343 e. The minimum absolute atomic E-state index is 0.0874. The molecule has 0 radical (unpaired) electrons. The molecule has 6 nitrogen and oxygen atoms in total. The lowest BCUT2D eigenvalue weighted by atomic mass is 10.1. The van der Waals surface area contributed by atoms with E-state index in [4.69, 9.17) is 4.74 Å². The number of benzene rings is 1. The van der Waals surface area contributed by atoms with E-state index in [2.05, 4.69) is 8.75 Å². The molecule has 0 amide bonds. The Morgan fingerprint density at radius 2 is 2.08 bits per heavy atom. The Morgan fingerprint density at radius 3 is 2.75 bits per heavy atom. The molecule has 9 heteroatoms. The van der Waals surface area contributed by atoms with E-state index in [0.717, 1.165) is 23.9 Å². The van der Waals surface area contributed by atoms with Crippen molar-refractivity contribution < 1.29 is 18.3 Å². The Bertz CT molecular complexity index is 970. The van der Waals surface area contributed by atoms with Crippen LogP contribution in [-0.2, 0) is 11.3 Å². The van der Waals surface area contributed by atoms with Crippen molar-refractivity contribution in [3.63, 3.8) is 0 Å². The van der Waals surface area contributed by atoms with Crippen LogP contribution in [0.2, 0.25) is 0 Å². The van der Waals surface area contributed by atoms with Crippen LogP contribution in [0, 0.1) is 11.6 Å². The quantitative estimate of drug-likeness (QED) is 0.675. The summed E-state index contributed by atoms with van der Waals surface area (Å²) in [7, 11) is 0. The Morgan fingerprint density at radius 1 is 1.33 bits per heavy atom. The van der Waals surface area contributed by atoms with Gasteiger partial charge in [-0.05, 0) is 13.0 Å². The topological polar surface area (TPSA) is 74.1 Å². The van der Waals surface area contributed by atoms with Gasteiger partial charge in [0.15, 0.2) is 11.6 Å². The van der Waals surface area contributed by atoms with Gasteiger partial charge in [-0.25, -0.2) is 13.6 Å². The molecule has 0 aliphatic rings.